The summed E-state index contributed by atoms with van der Waals surface area (Å²) in [6, 6.07) is 7.12. The van der Waals surface area contributed by atoms with Gasteiger partial charge in [-0.05, 0) is 49.1 Å². The number of rotatable bonds is 4. The van der Waals surface area contributed by atoms with Crippen molar-refractivity contribution >= 4 is 23.5 Å². The zero-order chi connectivity index (χ0) is 18.9. The fourth-order valence-electron chi connectivity index (χ4n) is 3.86. The Labute approximate surface area is 154 Å². The highest BCUT2D eigenvalue weighted by Gasteiger charge is 2.52. The van der Waals surface area contributed by atoms with Crippen molar-refractivity contribution in [2.45, 2.75) is 57.9 Å². The molecule has 4 amide bonds. The Bertz CT molecular complexity index is 721. The lowest BCUT2D eigenvalue weighted by Gasteiger charge is -2.33. The van der Waals surface area contributed by atoms with E-state index in [9.17, 15) is 14.4 Å². The van der Waals surface area contributed by atoms with E-state index < -0.39 is 11.6 Å². The number of anilines is 1. The molecule has 1 aliphatic heterocycles. The van der Waals surface area contributed by atoms with Gasteiger partial charge in [0.05, 0.1) is 0 Å². The van der Waals surface area contributed by atoms with Gasteiger partial charge in [-0.1, -0.05) is 39.0 Å². The maximum atomic E-state index is 12.8. The SMILES string of the molecule is CC1CCC2(CC1)NC(=O)N(CC(=O)Nc1ccccc1C(C)C)C2=O. The molecule has 0 atom stereocenters. The third kappa shape index (κ3) is 3.45. The van der Waals surface area contributed by atoms with Gasteiger partial charge in [0, 0.05) is 5.69 Å². The number of hydrogen-bond donors (Lipinski definition) is 2. The number of carbonyl (C=O) groups excluding carboxylic acids is 3. The summed E-state index contributed by atoms with van der Waals surface area (Å²) < 4.78 is 0. The molecular formula is C20H27N3O3. The number of para-hydroxylation sites is 1. The van der Waals surface area contributed by atoms with Crippen molar-refractivity contribution in [3.8, 4) is 0 Å². The molecule has 2 N–H and O–H groups in total. The molecule has 1 spiro atoms. The van der Waals surface area contributed by atoms with Crippen molar-refractivity contribution in [1.82, 2.24) is 10.2 Å². The minimum absolute atomic E-state index is 0.256. The quantitative estimate of drug-likeness (QED) is 0.812. The number of nitrogens with one attached hydrogen (secondary N) is 2. The summed E-state index contributed by atoms with van der Waals surface area (Å²) >= 11 is 0. The van der Waals surface area contributed by atoms with E-state index in [1.165, 1.54) is 0 Å². The topological polar surface area (TPSA) is 78.5 Å². The molecule has 1 heterocycles. The summed E-state index contributed by atoms with van der Waals surface area (Å²) in [7, 11) is 0. The number of benzene rings is 1. The molecule has 6 nitrogen and oxygen atoms in total. The Morgan fingerprint density at radius 1 is 1.27 bits per heavy atom. The second kappa shape index (κ2) is 7.09. The monoisotopic (exact) mass is 357 g/mol. The first kappa shape index (κ1) is 18.4. The van der Waals surface area contributed by atoms with Gasteiger partial charge in [-0.15, -0.1) is 0 Å². The van der Waals surface area contributed by atoms with Crippen LogP contribution in [-0.2, 0) is 9.59 Å². The van der Waals surface area contributed by atoms with E-state index in [1.54, 1.807) is 0 Å². The average molecular weight is 357 g/mol. The highest BCUT2D eigenvalue weighted by molar-refractivity contribution is 6.10. The molecule has 0 aromatic heterocycles. The van der Waals surface area contributed by atoms with E-state index in [0.717, 1.165) is 29.0 Å². The second-order valence-electron chi connectivity index (χ2n) is 7.88. The number of carbonyl (C=O) groups is 3. The summed E-state index contributed by atoms with van der Waals surface area (Å²) in [4.78, 5) is 38.7. The van der Waals surface area contributed by atoms with Crippen LogP contribution >= 0.6 is 0 Å². The molecule has 0 radical (unpaired) electrons. The first-order valence-electron chi connectivity index (χ1n) is 9.35. The standard InChI is InChI=1S/C20H27N3O3/c1-13(2)15-6-4-5-7-16(15)21-17(24)12-23-18(25)20(22-19(23)26)10-8-14(3)9-11-20/h4-7,13-14H,8-12H2,1-3H3,(H,21,24)(H,22,26). The minimum Gasteiger partial charge on any atom is -0.324 e. The van der Waals surface area contributed by atoms with E-state index >= 15 is 0 Å². The van der Waals surface area contributed by atoms with Gasteiger partial charge in [0.2, 0.25) is 5.91 Å². The van der Waals surface area contributed by atoms with Crippen LogP contribution in [0.4, 0.5) is 10.5 Å². The van der Waals surface area contributed by atoms with Gasteiger partial charge in [-0.2, -0.15) is 0 Å². The van der Waals surface area contributed by atoms with Crippen LogP contribution in [0.3, 0.4) is 0 Å². The summed E-state index contributed by atoms with van der Waals surface area (Å²) in [5.74, 6) is 0.204. The molecule has 6 heteroatoms. The minimum atomic E-state index is -0.806. The Morgan fingerprint density at radius 3 is 2.58 bits per heavy atom. The molecule has 1 aromatic carbocycles. The zero-order valence-corrected chi connectivity index (χ0v) is 15.7. The van der Waals surface area contributed by atoms with E-state index in [-0.39, 0.29) is 24.3 Å². The number of hydrogen-bond acceptors (Lipinski definition) is 3. The van der Waals surface area contributed by atoms with Gasteiger partial charge in [-0.3, -0.25) is 14.5 Å². The Kier molecular flexibility index (Phi) is 5.03. The summed E-state index contributed by atoms with van der Waals surface area (Å²) in [5, 5.41) is 5.69. The van der Waals surface area contributed by atoms with Crippen molar-refractivity contribution in [1.29, 1.82) is 0 Å². The smallest absolute Gasteiger partial charge is 0.324 e. The van der Waals surface area contributed by atoms with Crippen LogP contribution in [0, 0.1) is 5.92 Å². The lowest BCUT2D eigenvalue weighted by molar-refractivity contribution is -0.135. The van der Waals surface area contributed by atoms with Crippen molar-refractivity contribution in [2.75, 3.05) is 11.9 Å². The zero-order valence-electron chi connectivity index (χ0n) is 15.7. The van der Waals surface area contributed by atoms with Crippen LogP contribution < -0.4 is 10.6 Å². The van der Waals surface area contributed by atoms with Gasteiger partial charge in [0.15, 0.2) is 0 Å². The fraction of sp³-hybridized carbons (Fsp3) is 0.550. The largest absolute Gasteiger partial charge is 0.325 e. The number of amides is 4. The van der Waals surface area contributed by atoms with Crippen LogP contribution in [0.1, 0.15) is 57.9 Å². The van der Waals surface area contributed by atoms with Crippen LogP contribution in [0.2, 0.25) is 0 Å². The van der Waals surface area contributed by atoms with Crippen LogP contribution in [-0.4, -0.2) is 34.8 Å². The molecule has 1 saturated carbocycles. The van der Waals surface area contributed by atoms with E-state index in [0.29, 0.717) is 18.8 Å². The van der Waals surface area contributed by atoms with Crippen molar-refractivity contribution in [3.63, 3.8) is 0 Å². The van der Waals surface area contributed by atoms with E-state index in [2.05, 4.69) is 31.4 Å². The maximum absolute atomic E-state index is 12.8. The molecule has 0 bridgehead atoms. The summed E-state index contributed by atoms with van der Waals surface area (Å²) in [5.41, 5.74) is 0.941. The molecular weight excluding hydrogens is 330 g/mol. The first-order valence-corrected chi connectivity index (χ1v) is 9.35. The van der Waals surface area contributed by atoms with Crippen LogP contribution in [0.15, 0.2) is 24.3 Å². The Hall–Kier alpha value is -2.37. The van der Waals surface area contributed by atoms with Gasteiger partial charge >= 0.3 is 6.03 Å². The van der Waals surface area contributed by atoms with Gasteiger partial charge < -0.3 is 10.6 Å². The molecule has 2 aliphatic rings. The molecule has 140 valence electrons. The third-order valence-electron chi connectivity index (χ3n) is 5.53. The number of nitrogens with zero attached hydrogens (tertiary/aromatic N) is 1. The highest BCUT2D eigenvalue weighted by atomic mass is 16.2. The van der Waals surface area contributed by atoms with Crippen molar-refractivity contribution in [2.24, 2.45) is 5.92 Å². The van der Waals surface area contributed by atoms with Crippen molar-refractivity contribution in [3.05, 3.63) is 29.8 Å². The third-order valence-corrected chi connectivity index (χ3v) is 5.53. The number of imide groups is 1. The van der Waals surface area contributed by atoms with E-state index in [1.807, 2.05) is 24.3 Å². The second-order valence-corrected chi connectivity index (χ2v) is 7.88. The van der Waals surface area contributed by atoms with E-state index in [4.69, 9.17) is 0 Å². The summed E-state index contributed by atoms with van der Waals surface area (Å²) in [6.07, 6.45) is 3.11. The van der Waals surface area contributed by atoms with Gasteiger partial charge in [0.1, 0.15) is 12.1 Å². The molecule has 26 heavy (non-hydrogen) atoms. The van der Waals surface area contributed by atoms with Gasteiger partial charge in [-0.25, -0.2) is 4.79 Å². The maximum Gasteiger partial charge on any atom is 0.325 e. The normalized spacial score (nSPS) is 25.7. The molecule has 1 saturated heterocycles. The molecule has 2 fully saturated rings. The number of urea groups is 1. The van der Waals surface area contributed by atoms with Crippen molar-refractivity contribution < 1.29 is 14.4 Å². The first-order chi connectivity index (χ1) is 12.3. The van der Waals surface area contributed by atoms with Gasteiger partial charge in [0.25, 0.3) is 5.91 Å². The van der Waals surface area contributed by atoms with Crippen LogP contribution in [0.5, 0.6) is 0 Å². The summed E-state index contributed by atoms with van der Waals surface area (Å²) in [6.45, 7) is 6.01. The Morgan fingerprint density at radius 2 is 1.92 bits per heavy atom. The predicted molar refractivity (Wildman–Crippen MR) is 99.8 cm³/mol. The molecule has 1 aliphatic carbocycles. The lowest BCUT2D eigenvalue weighted by Crippen LogP contribution is -2.49. The van der Waals surface area contributed by atoms with Crippen LogP contribution in [0.25, 0.3) is 0 Å². The molecule has 3 rings (SSSR count). The lowest BCUT2D eigenvalue weighted by atomic mass is 9.77. The average Bonchev–Trinajstić information content (AvgIpc) is 2.82. The Balaban J connectivity index is 1.68. The fourth-order valence-corrected chi connectivity index (χ4v) is 3.86. The molecule has 0 unspecified atom stereocenters. The highest BCUT2D eigenvalue weighted by Crippen LogP contribution is 2.36. The molecule has 1 aromatic rings. The predicted octanol–water partition coefficient (Wildman–Crippen LogP) is 3.25.